The number of hydrogen-bond acceptors (Lipinski definition) is 3. The molecule has 0 fully saturated rings. The molecule has 2 aromatic rings. The number of rotatable bonds is 3. The van der Waals surface area contributed by atoms with Crippen LogP contribution in [-0.4, -0.2) is 20.9 Å². The number of sulfonamides is 1. The predicted octanol–water partition coefficient (Wildman–Crippen LogP) is 3.71. The molecule has 5 nitrogen and oxygen atoms in total. The Kier molecular flexibility index (Phi) is 4.86. The van der Waals surface area contributed by atoms with E-state index in [1.165, 1.54) is 12.5 Å². The lowest BCUT2D eigenvalue weighted by Crippen LogP contribution is -2.33. The van der Waals surface area contributed by atoms with Crippen molar-refractivity contribution in [1.29, 1.82) is 0 Å². The average molecular weight is 449 g/mol. The molecule has 0 saturated carbocycles. The van der Waals surface area contributed by atoms with E-state index < -0.39 is 10.0 Å². The Bertz CT molecular complexity index is 1020. The largest absolute Gasteiger partial charge is 0.311 e. The Hall–Kier alpha value is -1.70. The number of amides is 1. The highest BCUT2D eigenvalue weighted by atomic mass is 79.9. The first-order chi connectivity index (χ1) is 12.9. The standard InChI is InChI=1S/C20H21BrN2O3S/c1-13(24)23-10-9-15-11-16(21)12-19(20(15)23)27(25,26)22-18-8-4-6-14-5-2-3-7-17(14)18/h2-3,5,7,11-12,18,22H,4,6,8-10H2,1H3. The molecule has 142 valence electrons. The number of hydrogen-bond donors (Lipinski definition) is 1. The molecule has 0 saturated heterocycles. The van der Waals surface area contributed by atoms with E-state index in [-0.39, 0.29) is 16.8 Å². The highest BCUT2D eigenvalue weighted by Crippen LogP contribution is 2.39. The Balaban J connectivity index is 1.75. The van der Waals surface area contributed by atoms with Crippen molar-refractivity contribution in [3.05, 3.63) is 57.6 Å². The Morgan fingerprint density at radius 2 is 1.96 bits per heavy atom. The number of nitrogens with one attached hydrogen (secondary N) is 1. The van der Waals surface area contributed by atoms with E-state index in [0.717, 1.165) is 30.4 Å². The molecule has 0 spiro atoms. The van der Waals surface area contributed by atoms with Crippen LogP contribution in [-0.2, 0) is 27.7 Å². The molecule has 0 aromatic heterocycles. The first-order valence-corrected chi connectivity index (χ1v) is 11.3. The summed E-state index contributed by atoms with van der Waals surface area (Å²) in [6.45, 7) is 1.98. The summed E-state index contributed by atoms with van der Waals surface area (Å²) in [6, 6.07) is 11.2. The monoisotopic (exact) mass is 448 g/mol. The van der Waals surface area contributed by atoms with Gasteiger partial charge in [0.2, 0.25) is 15.9 Å². The van der Waals surface area contributed by atoms with Crippen molar-refractivity contribution in [3.8, 4) is 0 Å². The Labute approximate surface area is 167 Å². The zero-order valence-corrected chi connectivity index (χ0v) is 17.4. The minimum absolute atomic E-state index is 0.143. The van der Waals surface area contributed by atoms with Crippen LogP contribution in [0.15, 0.2) is 45.8 Å². The number of aryl methyl sites for hydroxylation is 1. The van der Waals surface area contributed by atoms with Crippen LogP contribution in [0.1, 0.15) is 42.5 Å². The summed E-state index contributed by atoms with van der Waals surface area (Å²) in [5.74, 6) is -0.143. The molecule has 2 aromatic carbocycles. The lowest BCUT2D eigenvalue weighted by Gasteiger charge is -2.27. The molecular formula is C20H21BrN2O3S. The van der Waals surface area contributed by atoms with E-state index in [0.29, 0.717) is 23.1 Å². The lowest BCUT2D eigenvalue weighted by atomic mass is 9.88. The number of carbonyl (C=O) groups excluding carboxylic acids is 1. The molecule has 1 unspecified atom stereocenters. The van der Waals surface area contributed by atoms with Gasteiger partial charge in [0, 0.05) is 24.0 Å². The molecule has 1 heterocycles. The zero-order valence-electron chi connectivity index (χ0n) is 15.0. The second kappa shape index (κ2) is 7.04. The molecule has 0 bridgehead atoms. The molecule has 4 rings (SSSR count). The maximum Gasteiger partial charge on any atom is 0.243 e. The number of halogens is 1. The molecule has 1 aliphatic carbocycles. The van der Waals surface area contributed by atoms with E-state index >= 15 is 0 Å². The highest BCUT2D eigenvalue weighted by molar-refractivity contribution is 9.10. The number of benzene rings is 2. The topological polar surface area (TPSA) is 66.5 Å². The van der Waals surface area contributed by atoms with Crippen LogP contribution in [0.2, 0.25) is 0 Å². The molecule has 2 aliphatic rings. The predicted molar refractivity (Wildman–Crippen MR) is 108 cm³/mol. The SMILES string of the molecule is CC(=O)N1CCc2cc(Br)cc(S(=O)(=O)NC3CCCc4ccccc43)c21. The van der Waals surface area contributed by atoms with Gasteiger partial charge in [0.15, 0.2) is 0 Å². The smallest absolute Gasteiger partial charge is 0.243 e. The fourth-order valence-corrected chi connectivity index (χ4v) is 6.30. The van der Waals surface area contributed by atoms with E-state index in [4.69, 9.17) is 0 Å². The van der Waals surface area contributed by atoms with Crippen LogP contribution in [0.4, 0.5) is 5.69 Å². The fraction of sp³-hybridized carbons (Fsp3) is 0.350. The second-order valence-corrected chi connectivity index (χ2v) is 9.70. The molecule has 7 heteroatoms. The minimum atomic E-state index is -3.79. The van der Waals surface area contributed by atoms with Gasteiger partial charge in [-0.15, -0.1) is 0 Å². The third kappa shape index (κ3) is 3.44. The summed E-state index contributed by atoms with van der Waals surface area (Å²) in [6.07, 6.45) is 3.34. The number of carbonyl (C=O) groups is 1. The highest BCUT2D eigenvalue weighted by Gasteiger charge is 2.33. The van der Waals surface area contributed by atoms with Crippen molar-refractivity contribution >= 4 is 37.5 Å². The number of anilines is 1. The summed E-state index contributed by atoms with van der Waals surface area (Å²) in [5.41, 5.74) is 3.63. The van der Waals surface area contributed by atoms with Crippen molar-refractivity contribution in [2.24, 2.45) is 0 Å². The lowest BCUT2D eigenvalue weighted by molar-refractivity contribution is -0.116. The van der Waals surface area contributed by atoms with Gasteiger partial charge in [-0.1, -0.05) is 40.2 Å². The van der Waals surface area contributed by atoms with Crippen molar-refractivity contribution in [2.45, 2.75) is 43.5 Å². The van der Waals surface area contributed by atoms with Gasteiger partial charge in [0.25, 0.3) is 0 Å². The van der Waals surface area contributed by atoms with Crippen LogP contribution < -0.4 is 9.62 Å². The first kappa shape index (κ1) is 18.7. The van der Waals surface area contributed by atoms with E-state index in [9.17, 15) is 13.2 Å². The molecule has 1 aliphatic heterocycles. The molecule has 1 N–H and O–H groups in total. The normalized spacial score (nSPS) is 18.9. The average Bonchev–Trinajstić information content (AvgIpc) is 3.05. The van der Waals surface area contributed by atoms with Gasteiger partial charge >= 0.3 is 0 Å². The van der Waals surface area contributed by atoms with Crippen LogP contribution in [0.25, 0.3) is 0 Å². The van der Waals surface area contributed by atoms with Crippen molar-refractivity contribution in [1.82, 2.24) is 4.72 Å². The summed E-state index contributed by atoms with van der Waals surface area (Å²) < 4.78 is 30.2. The summed E-state index contributed by atoms with van der Waals surface area (Å²) >= 11 is 3.42. The molecule has 1 atom stereocenters. The van der Waals surface area contributed by atoms with Gasteiger partial charge in [0.05, 0.1) is 5.69 Å². The second-order valence-electron chi connectivity index (χ2n) is 7.10. The Morgan fingerprint density at radius 3 is 2.74 bits per heavy atom. The van der Waals surface area contributed by atoms with E-state index in [1.807, 2.05) is 24.3 Å². The minimum Gasteiger partial charge on any atom is -0.311 e. The van der Waals surface area contributed by atoms with Gasteiger partial charge in [0.1, 0.15) is 4.90 Å². The maximum atomic E-state index is 13.3. The third-order valence-electron chi connectivity index (χ3n) is 5.33. The summed E-state index contributed by atoms with van der Waals surface area (Å²) in [5, 5.41) is 0. The van der Waals surface area contributed by atoms with Gasteiger partial charge in [-0.2, -0.15) is 0 Å². The van der Waals surface area contributed by atoms with E-state index in [2.05, 4.69) is 26.7 Å². The third-order valence-corrected chi connectivity index (χ3v) is 7.27. The van der Waals surface area contributed by atoms with Crippen molar-refractivity contribution in [3.63, 3.8) is 0 Å². The van der Waals surface area contributed by atoms with Gasteiger partial charge in [-0.05, 0) is 54.5 Å². The Morgan fingerprint density at radius 1 is 1.19 bits per heavy atom. The van der Waals surface area contributed by atoms with E-state index in [1.54, 1.807) is 11.0 Å². The van der Waals surface area contributed by atoms with Gasteiger partial charge < -0.3 is 4.90 Å². The van der Waals surface area contributed by atoms with Gasteiger partial charge in [-0.3, -0.25) is 4.79 Å². The van der Waals surface area contributed by atoms with Crippen LogP contribution in [0.5, 0.6) is 0 Å². The molecule has 1 amide bonds. The zero-order chi connectivity index (χ0) is 19.2. The quantitative estimate of drug-likeness (QED) is 0.777. The number of nitrogens with zero attached hydrogens (tertiary/aromatic N) is 1. The van der Waals surface area contributed by atoms with Crippen LogP contribution in [0.3, 0.4) is 0 Å². The fourth-order valence-electron chi connectivity index (χ4n) is 4.12. The van der Waals surface area contributed by atoms with Gasteiger partial charge in [-0.25, -0.2) is 13.1 Å². The van der Waals surface area contributed by atoms with Crippen LogP contribution >= 0.6 is 15.9 Å². The molecular weight excluding hydrogens is 428 g/mol. The summed E-state index contributed by atoms with van der Waals surface area (Å²) in [7, 11) is -3.79. The van der Waals surface area contributed by atoms with Crippen LogP contribution in [0, 0.1) is 0 Å². The molecule has 27 heavy (non-hydrogen) atoms. The van der Waals surface area contributed by atoms with Crippen molar-refractivity contribution < 1.29 is 13.2 Å². The van der Waals surface area contributed by atoms with Crippen molar-refractivity contribution in [2.75, 3.05) is 11.4 Å². The first-order valence-electron chi connectivity index (χ1n) is 9.07. The summed E-state index contributed by atoms with van der Waals surface area (Å²) in [4.78, 5) is 13.8. The molecule has 0 radical (unpaired) electrons. The maximum absolute atomic E-state index is 13.3. The number of fused-ring (bicyclic) bond motifs is 2.